The fourth-order valence-electron chi connectivity index (χ4n) is 3.06. The van der Waals surface area contributed by atoms with Gasteiger partial charge in [0.2, 0.25) is 0 Å². The van der Waals surface area contributed by atoms with Crippen LogP contribution in [0, 0.1) is 0 Å². The van der Waals surface area contributed by atoms with Crippen LogP contribution in [0.4, 0.5) is 0 Å². The monoisotopic (exact) mass is 440 g/mol. The maximum absolute atomic E-state index is 10.7. The fourth-order valence-corrected chi connectivity index (χ4v) is 3.06. The molecule has 2 rings (SSSR count). The van der Waals surface area contributed by atoms with Gasteiger partial charge in [0.15, 0.2) is 17.6 Å². The van der Waals surface area contributed by atoms with E-state index in [-0.39, 0.29) is 39.5 Å². The summed E-state index contributed by atoms with van der Waals surface area (Å²) in [5, 5.41) is 78.1. The van der Waals surface area contributed by atoms with Gasteiger partial charge in [-0.3, -0.25) is 0 Å². The molecule has 0 aliphatic rings. The number of aliphatic hydroxyl groups is 7. The minimum absolute atomic E-state index is 0.00121. The molecule has 0 aliphatic carbocycles. The molecular formula is C21H28O10. The maximum atomic E-state index is 10.7. The Labute approximate surface area is 178 Å². The number of aliphatic hydroxyl groups excluding tert-OH is 7. The van der Waals surface area contributed by atoms with Crippen LogP contribution in [0.5, 0.6) is 17.2 Å². The van der Waals surface area contributed by atoms with Crippen LogP contribution in [-0.2, 0) is 13.2 Å². The largest absolute Gasteiger partial charge is 0.508 e. The Balaban J connectivity index is 2.40. The van der Waals surface area contributed by atoms with Gasteiger partial charge in [-0.05, 0) is 35.4 Å². The molecule has 2 aromatic rings. The summed E-state index contributed by atoms with van der Waals surface area (Å²) in [6.45, 7) is -2.32. The highest BCUT2D eigenvalue weighted by Crippen LogP contribution is 2.38. The van der Waals surface area contributed by atoms with Gasteiger partial charge in [-0.1, -0.05) is 6.07 Å². The lowest BCUT2D eigenvalue weighted by molar-refractivity contribution is -0.0157. The molecule has 8 N–H and O–H groups in total. The van der Waals surface area contributed by atoms with Crippen molar-refractivity contribution in [3.05, 3.63) is 52.6 Å². The zero-order valence-corrected chi connectivity index (χ0v) is 16.9. The third kappa shape index (κ3) is 5.63. The van der Waals surface area contributed by atoms with E-state index in [0.717, 1.165) is 0 Å². The van der Waals surface area contributed by atoms with E-state index >= 15 is 0 Å². The summed E-state index contributed by atoms with van der Waals surface area (Å²) in [5.41, 5.74) is 0.749. The van der Waals surface area contributed by atoms with E-state index in [0.29, 0.717) is 0 Å². The van der Waals surface area contributed by atoms with Gasteiger partial charge in [0.1, 0.15) is 24.1 Å². The predicted molar refractivity (Wildman–Crippen MR) is 107 cm³/mol. The second-order valence-electron chi connectivity index (χ2n) is 6.89. The average molecular weight is 440 g/mol. The molecule has 172 valence electrons. The lowest BCUT2D eigenvalue weighted by Gasteiger charge is -2.26. The molecule has 0 fully saturated rings. The van der Waals surface area contributed by atoms with Crippen LogP contribution in [0.3, 0.4) is 0 Å². The van der Waals surface area contributed by atoms with Crippen LogP contribution in [0.15, 0.2) is 30.3 Å². The molecule has 2 aromatic carbocycles. The zero-order chi connectivity index (χ0) is 23.1. The molecule has 10 heteroatoms. The van der Waals surface area contributed by atoms with E-state index in [2.05, 4.69) is 0 Å². The molecule has 0 heterocycles. The molecule has 0 unspecified atom stereocenters. The first-order chi connectivity index (χ1) is 14.8. The van der Waals surface area contributed by atoms with Crippen molar-refractivity contribution in [2.24, 2.45) is 0 Å². The van der Waals surface area contributed by atoms with Gasteiger partial charge in [0, 0.05) is 11.1 Å². The molecule has 0 radical (unpaired) electrons. The van der Waals surface area contributed by atoms with Crippen LogP contribution in [0.1, 0.15) is 34.5 Å². The predicted octanol–water partition coefficient (Wildman–Crippen LogP) is -0.755. The van der Waals surface area contributed by atoms with Crippen LogP contribution in [-0.4, -0.2) is 73.4 Å². The van der Waals surface area contributed by atoms with Crippen molar-refractivity contribution in [2.45, 2.75) is 37.6 Å². The van der Waals surface area contributed by atoms with Gasteiger partial charge in [0.25, 0.3) is 0 Å². The quantitative estimate of drug-likeness (QED) is 0.221. The number of ether oxygens (including phenoxy) is 2. The highest BCUT2D eigenvalue weighted by molar-refractivity contribution is 5.50. The average Bonchev–Trinajstić information content (AvgIpc) is 2.80. The molecule has 0 amide bonds. The first-order valence-electron chi connectivity index (χ1n) is 9.48. The molecule has 10 nitrogen and oxygen atoms in total. The lowest BCUT2D eigenvalue weighted by atomic mass is 10.00. The van der Waals surface area contributed by atoms with E-state index in [1.165, 1.54) is 37.4 Å². The molecule has 4 atom stereocenters. The number of rotatable bonds is 11. The number of hydrogen-bond donors (Lipinski definition) is 8. The van der Waals surface area contributed by atoms with E-state index in [1.54, 1.807) is 0 Å². The van der Waals surface area contributed by atoms with Crippen LogP contribution in [0.25, 0.3) is 0 Å². The summed E-state index contributed by atoms with van der Waals surface area (Å²) in [7, 11) is 1.31. The number of benzene rings is 2. The summed E-state index contributed by atoms with van der Waals surface area (Å²) in [6, 6.07) is 6.74. The van der Waals surface area contributed by atoms with Gasteiger partial charge in [-0.15, -0.1) is 0 Å². The van der Waals surface area contributed by atoms with Crippen molar-refractivity contribution < 1.29 is 50.3 Å². The van der Waals surface area contributed by atoms with Crippen molar-refractivity contribution in [1.29, 1.82) is 0 Å². The Hall–Kier alpha value is -2.44. The van der Waals surface area contributed by atoms with Crippen molar-refractivity contribution >= 4 is 0 Å². The van der Waals surface area contributed by atoms with Crippen molar-refractivity contribution in [3.63, 3.8) is 0 Å². The van der Waals surface area contributed by atoms with E-state index in [9.17, 15) is 35.7 Å². The summed E-state index contributed by atoms with van der Waals surface area (Å²) in [5.74, 6) is -0.0970. The molecular weight excluding hydrogens is 412 g/mol. The minimum atomic E-state index is -1.45. The summed E-state index contributed by atoms with van der Waals surface area (Å²) in [4.78, 5) is 0. The minimum Gasteiger partial charge on any atom is -0.508 e. The van der Waals surface area contributed by atoms with Gasteiger partial charge in [0.05, 0.1) is 33.5 Å². The number of aromatic hydroxyl groups is 1. The number of hydrogen-bond acceptors (Lipinski definition) is 10. The molecule has 0 aliphatic heterocycles. The molecule has 0 saturated heterocycles. The Bertz CT molecular complexity index is 831. The Morgan fingerprint density at radius 2 is 1.45 bits per heavy atom. The Morgan fingerprint density at radius 3 is 2.00 bits per heavy atom. The fraction of sp³-hybridized carbons (Fsp3) is 0.429. The number of methoxy groups -OCH3 is 1. The highest BCUT2D eigenvalue weighted by Gasteiger charge is 2.27. The van der Waals surface area contributed by atoms with E-state index in [4.69, 9.17) is 14.6 Å². The van der Waals surface area contributed by atoms with E-state index in [1.807, 2.05) is 0 Å². The molecule has 0 saturated carbocycles. The van der Waals surface area contributed by atoms with Gasteiger partial charge < -0.3 is 50.3 Å². The molecule has 0 bridgehead atoms. The zero-order valence-electron chi connectivity index (χ0n) is 16.9. The third-order valence-electron chi connectivity index (χ3n) is 4.85. The standard InChI is InChI=1S/C21H28O10/c1-30-17-6-12(19(28)16(27)9-24)5-14(8-23)21(17)31-18(10-25)20(29)11-2-3-15(26)13(4-11)7-22/h2-6,16,18-20,22-29H,7-10H2,1H3/t16-,18+,19-,20+/m0/s1. The molecule has 31 heavy (non-hydrogen) atoms. The van der Waals surface area contributed by atoms with Crippen molar-refractivity contribution in [2.75, 3.05) is 20.3 Å². The summed E-state index contributed by atoms with van der Waals surface area (Å²) >= 11 is 0. The van der Waals surface area contributed by atoms with Gasteiger partial charge in [-0.25, -0.2) is 0 Å². The van der Waals surface area contributed by atoms with Crippen molar-refractivity contribution in [1.82, 2.24) is 0 Å². The van der Waals surface area contributed by atoms with Crippen molar-refractivity contribution in [3.8, 4) is 17.2 Å². The summed E-state index contributed by atoms with van der Waals surface area (Å²) < 4.78 is 11.0. The lowest BCUT2D eigenvalue weighted by Crippen LogP contribution is -2.30. The maximum Gasteiger partial charge on any atom is 0.167 e. The van der Waals surface area contributed by atoms with Gasteiger partial charge >= 0.3 is 0 Å². The Morgan fingerprint density at radius 1 is 0.806 bits per heavy atom. The third-order valence-corrected chi connectivity index (χ3v) is 4.85. The highest BCUT2D eigenvalue weighted by atomic mass is 16.5. The smallest absolute Gasteiger partial charge is 0.167 e. The molecule has 0 spiro atoms. The van der Waals surface area contributed by atoms with E-state index < -0.39 is 50.8 Å². The normalized spacial score (nSPS) is 15.2. The second kappa shape index (κ2) is 11.3. The Kier molecular flexibility index (Phi) is 9.01. The van der Waals surface area contributed by atoms with Crippen LogP contribution < -0.4 is 9.47 Å². The first-order valence-corrected chi connectivity index (χ1v) is 9.48. The first kappa shape index (κ1) is 24.8. The SMILES string of the molecule is COc1cc([C@H](O)[C@@H](O)CO)cc(CO)c1O[C@H](CO)[C@H](O)c1ccc(O)c(CO)c1. The second-order valence-corrected chi connectivity index (χ2v) is 6.89. The summed E-state index contributed by atoms with van der Waals surface area (Å²) in [6.07, 6.45) is -5.49. The van der Waals surface area contributed by atoms with Gasteiger partial charge in [-0.2, -0.15) is 0 Å². The molecule has 0 aromatic heterocycles. The van der Waals surface area contributed by atoms with Crippen LogP contribution in [0.2, 0.25) is 0 Å². The number of phenols is 1. The van der Waals surface area contributed by atoms with Crippen LogP contribution >= 0.6 is 0 Å². The topological polar surface area (TPSA) is 180 Å².